The Morgan fingerprint density at radius 3 is 2.29 bits per heavy atom. The SMILES string of the molecule is O=C(CN1C(=O)[C@@H]2[C@H](C1=O)[C@H]1C=C[C@H]2C1)Nc1ccc(Cl)c(Cl)c1. The highest BCUT2D eigenvalue weighted by molar-refractivity contribution is 6.42. The monoisotopic (exact) mass is 364 g/mol. The number of allylic oxidation sites excluding steroid dienone is 2. The van der Waals surface area contributed by atoms with Crippen molar-refractivity contribution in [1.82, 2.24) is 4.90 Å². The van der Waals surface area contributed by atoms with Crippen LogP contribution in [0.3, 0.4) is 0 Å². The Morgan fingerprint density at radius 2 is 1.71 bits per heavy atom. The molecule has 0 aromatic heterocycles. The van der Waals surface area contributed by atoms with Gasteiger partial charge in [0.15, 0.2) is 0 Å². The van der Waals surface area contributed by atoms with E-state index in [9.17, 15) is 14.4 Å². The normalized spacial score (nSPS) is 30.2. The highest BCUT2D eigenvalue weighted by Crippen LogP contribution is 2.52. The molecule has 1 aromatic rings. The van der Waals surface area contributed by atoms with Gasteiger partial charge in [-0.15, -0.1) is 0 Å². The molecule has 1 aromatic carbocycles. The van der Waals surface area contributed by atoms with Gasteiger partial charge >= 0.3 is 0 Å². The van der Waals surface area contributed by atoms with Gasteiger partial charge in [0.05, 0.1) is 21.9 Å². The van der Waals surface area contributed by atoms with Gasteiger partial charge in [0.25, 0.3) is 0 Å². The number of amides is 3. The molecule has 4 rings (SSSR count). The second kappa shape index (κ2) is 5.60. The van der Waals surface area contributed by atoms with Crippen LogP contribution in [0.5, 0.6) is 0 Å². The molecule has 1 saturated carbocycles. The number of nitrogens with one attached hydrogen (secondary N) is 1. The standard InChI is InChI=1S/C17H14Cl2N2O3/c18-11-4-3-10(6-12(11)19)20-13(22)7-21-16(23)14-8-1-2-9(5-8)15(14)17(21)24/h1-4,6,8-9,14-15H,5,7H2,(H,20,22)/t8-,9-,14-,15+/m0/s1. The first-order valence-corrected chi connectivity index (χ1v) is 8.50. The molecule has 3 amide bonds. The number of carbonyl (C=O) groups excluding carboxylic acids is 3. The summed E-state index contributed by atoms with van der Waals surface area (Å²) in [6.07, 6.45) is 4.92. The predicted octanol–water partition coefficient (Wildman–Crippen LogP) is 2.74. The van der Waals surface area contributed by atoms with Crippen LogP contribution in [0.25, 0.3) is 0 Å². The number of rotatable bonds is 3. The van der Waals surface area contributed by atoms with Gasteiger partial charge in [0, 0.05) is 5.69 Å². The molecular formula is C17H14Cl2N2O3. The van der Waals surface area contributed by atoms with Gasteiger partial charge in [-0.3, -0.25) is 19.3 Å². The quantitative estimate of drug-likeness (QED) is 0.662. The third-order valence-corrected chi connectivity index (χ3v) is 5.81. The van der Waals surface area contributed by atoms with Crippen molar-refractivity contribution < 1.29 is 14.4 Å². The van der Waals surface area contributed by atoms with Crippen LogP contribution in [0, 0.1) is 23.7 Å². The fourth-order valence-corrected chi connectivity index (χ4v) is 4.34. The molecule has 124 valence electrons. The molecule has 1 N–H and O–H groups in total. The molecule has 2 bridgehead atoms. The smallest absolute Gasteiger partial charge is 0.244 e. The molecule has 0 spiro atoms. The summed E-state index contributed by atoms with van der Waals surface area (Å²) in [6, 6.07) is 4.70. The first kappa shape index (κ1) is 15.7. The molecule has 0 unspecified atom stereocenters. The Labute approximate surface area is 148 Å². The minimum atomic E-state index is -0.435. The Kier molecular flexibility index (Phi) is 3.66. The summed E-state index contributed by atoms with van der Waals surface area (Å²) in [7, 11) is 0. The van der Waals surface area contributed by atoms with Crippen molar-refractivity contribution >= 4 is 46.6 Å². The molecule has 1 heterocycles. The summed E-state index contributed by atoms with van der Waals surface area (Å²) < 4.78 is 0. The zero-order chi connectivity index (χ0) is 17.0. The summed E-state index contributed by atoms with van der Waals surface area (Å²) in [5.41, 5.74) is 0.468. The number of hydrogen-bond donors (Lipinski definition) is 1. The predicted molar refractivity (Wildman–Crippen MR) is 89.5 cm³/mol. The summed E-state index contributed by atoms with van der Waals surface area (Å²) in [6.45, 7) is -0.273. The first-order chi connectivity index (χ1) is 11.5. The van der Waals surface area contributed by atoms with Crippen molar-refractivity contribution in [2.75, 3.05) is 11.9 Å². The summed E-state index contributed by atoms with van der Waals surface area (Å²) in [5, 5.41) is 3.34. The zero-order valence-electron chi connectivity index (χ0n) is 12.5. The van der Waals surface area contributed by atoms with Crippen LogP contribution in [-0.2, 0) is 14.4 Å². The van der Waals surface area contributed by atoms with Gasteiger partial charge in [-0.05, 0) is 36.5 Å². The number of anilines is 1. The van der Waals surface area contributed by atoms with Crippen molar-refractivity contribution in [1.29, 1.82) is 0 Å². The topological polar surface area (TPSA) is 66.5 Å². The van der Waals surface area contributed by atoms with E-state index in [1.807, 2.05) is 12.2 Å². The summed E-state index contributed by atoms with van der Waals surface area (Å²) in [5.74, 6) is -1.19. The van der Waals surface area contributed by atoms with E-state index in [4.69, 9.17) is 23.2 Å². The zero-order valence-corrected chi connectivity index (χ0v) is 14.1. The van der Waals surface area contributed by atoms with E-state index in [-0.39, 0.29) is 42.0 Å². The summed E-state index contributed by atoms with van der Waals surface area (Å²) in [4.78, 5) is 38.4. The van der Waals surface area contributed by atoms with E-state index in [1.165, 1.54) is 6.07 Å². The number of halogens is 2. The van der Waals surface area contributed by atoms with E-state index >= 15 is 0 Å². The number of benzene rings is 1. The Balaban J connectivity index is 1.46. The molecular weight excluding hydrogens is 351 g/mol. The van der Waals surface area contributed by atoms with Gasteiger partial charge < -0.3 is 5.32 Å². The number of likely N-dealkylation sites (tertiary alicyclic amines) is 1. The maximum Gasteiger partial charge on any atom is 0.244 e. The average Bonchev–Trinajstić information content (AvgIpc) is 3.21. The number of nitrogens with zero attached hydrogens (tertiary/aromatic N) is 1. The average molecular weight is 365 g/mol. The van der Waals surface area contributed by atoms with Crippen LogP contribution >= 0.6 is 23.2 Å². The van der Waals surface area contributed by atoms with E-state index in [2.05, 4.69) is 5.32 Å². The number of hydrogen-bond acceptors (Lipinski definition) is 3. The Bertz CT molecular complexity index is 762. The van der Waals surface area contributed by atoms with Crippen molar-refractivity contribution in [3.8, 4) is 0 Å². The van der Waals surface area contributed by atoms with Crippen molar-refractivity contribution in [3.63, 3.8) is 0 Å². The van der Waals surface area contributed by atoms with Gasteiger partial charge in [0.2, 0.25) is 17.7 Å². The lowest BCUT2D eigenvalue weighted by molar-refractivity contribution is -0.143. The van der Waals surface area contributed by atoms with Crippen LogP contribution in [0.4, 0.5) is 5.69 Å². The Hall–Kier alpha value is -1.85. The van der Waals surface area contributed by atoms with Crippen LogP contribution in [0.2, 0.25) is 10.0 Å². The van der Waals surface area contributed by atoms with Crippen LogP contribution < -0.4 is 5.32 Å². The Morgan fingerprint density at radius 1 is 1.08 bits per heavy atom. The molecule has 4 atom stereocenters. The van der Waals surface area contributed by atoms with Crippen LogP contribution in [0.1, 0.15) is 6.42 Å². The first-order valence-electron chi connectivity index (χ1n) is 7.74. The van der Waals surface area contributed by atoms with Crippen LogP contribution in [-0.4, -0.2) is 29.2 Å². The molecule has 2 fully saturated rings. The highest BCUT2D eigenvalue weighted by Gasteiger charge is 2.59. The third kappa shape index (κ3) is 2.34. The minimum Gasteiger partial charge on any atom is -0.324 e. The maximum absolute atomic E-state index is 12.5. The maximum atomic E-state index is 12.5. The number of carbonyl (C=O) groups is 3. The van der Waals surface area contributed by atoms with E-state index < -0.39 is 5.91 Å². The lowest BCUT2D eigenvalue weighted by Gasteiger charge is -2.17. The summed E-state index contributed by atoms with van der Waals surface area (Å²) >= 11 is 11.7. The fourth-order valence-electron chi connectivity index (χ4n) is 4.04. The van der Waals surface area contributed by atoms with Crippen molar-refractivity contribution in [3.05, 3.63) is 40.4 Å². The van der Waals surface area contributed by atoms with E-state index in [1.54, 1.807) is 12.1 Å². The molecule has 24 heavy (non-hydrogen) atoms. The fraction of sp³-hybridized carbons (Fsp3) is 0.353. The van der Waals surface area contributed by atoms with Gasteiger partial charge in [-0.2, -0.15) is 0 Å². The van der Waals surface area contributed by atoms with Gasteiger partial charge in [-0.1, -0.05) is 35.4 Å². The van der Waals surface area contributed by atoms with Gasteiger partial charge in [-0.25, -0.2) is 0 Å². The van der Waals surface area contributed by atoms with E-state index in [0.717, 1.165) is 11.3 Å². The second-order valence-corrected chi connectivity index (χ2v) is 7.25. The van der Waals surface area contributed by atoms with Crippen molar-refractivity contribution in [2.45, 2.75) is 6.42 Å². The van der Waals surface area contributed by atoms with Gasteiger partial charge in [0.1, 0.15) is 6.54 Å². The molecule has 7 heteroatoms. The third-order valence-electron chi connectivity index (χ3n) is 5.07. The molecule has 2 aliphatic carbocycles. The lowest BCUT2D eigenvalue weighted by atomic mass is 9.85. The molecule has 0 radical (unpaired) electrons. The number of imide groups is 1. The molecule has 1 aliphatic heterocycles. The van der Waals surface area contributed by atoms with Crippen molar-refractivity contribution in [2.24, 2.45) is 23.7 Å². The highest BCUT2D eigenvalue weighted by atomic mass is 35.5. The van der Waals surface area contributed by atoms with E-state index in [0.29, 0.717) is 15.7 Å². The number of fused-ring (bicyclic) bond motifs is 5. The molecule has 5 nitrogen and oxygen atoms in total. The second-order valence-electron chi connectivity index (χ2n) is 6.44. The minimum absolute atomic E-state index is 0.139. The lowest BCUT2D eigenvalue weighted by Crippen LogP contribution is -2.39. The molecule has 1 saturated heterocycles. The molecule has 3 aliphatic rings. The van der Waals surface area contributed by atoms with Crippen LogP contribution in [0.15, 0.2) is 30.4 Å². The largest absolute Gasteiger partial charge is 0.324 e.